The Morgan fingerprint density at radius 1 is 1.06 bits per heavy atom. The molecule has 1 aliphatic heterocycles. The van der Waals surface area contributed by atoms with Crippen molar-refractivity contribution in [3.05, 3.63) is 64.6 Å². The number of hydrogen-bond acceptors (Lipinski definition) is 5. The van der Waals surface area contributed by atoms with Crippen molar-refractivity contribution in [1.82, 2.24) is 18.8 Å². The number of imidazole rings is 1. The summed E-state index contributed by atoms with van der Waals surface area (Å²) in [5.74, 6) is -0.438. The highest BCUT2D eigenvalue weighted by atomic mass is 32.2. The number of carbonyl (C=O) groups is 2. The van der Waals surface area contributed by atoms with Crippen LogP contribution in [0.5, 0.6) is 0 Å². The number of aromatic nitrogens is 2. The van der Waals surface area contributed by atoms with Gasteiger partial charge in [-0.25, -0.2) is 13.2 Å². The first-order chi connectivity index (χ1) is 15.7. The number of nitrogens with one attached hydrogen (secondary N) is 1. The summed E-state index contributed by atoms with van der Waals surface area (Å²) in [6, 6.07) is 13.1. The first-order valence-corrected chi connectivity index (χ1v) is 12.2. The lowest BCUT2D eigenvalue weighted by Gasteiger charge is -2.33. The van der Waals surface area contributed by atoms with Crippen molar-refractivity contribution in [3.8, 4) is 0 Å². The quantitative estimate of drug-likeness (QED) is 0.554. The number of aromatic amines is 1. The third kappa shape index (κ3) is 4.49. The van der Waals surface area contributed by atoms with Gasteiger partial charge in [-0.2, -0.15) is 4.31 Å². The highest BCUT2D eigenvalue weighted by Crippen LogP contribution is 2.25. The van der Waals surface area contributed by atoms with E-state index >= 15 is 0 Å². The number of amides is 1. The number of piperidine rings is 1. The number of H-pyrrole nitrogens is 1. The average molecular weight is 471 g/mol. The molecule has 1 fully saturated rings. The number of para-hydroxylation sites is 2. The van der Waals surface area contributed by atoms with Crippen LogP contribution in [-0.4, -0.2) is 65.5 Å². The van der Waals surface area contributed by atoms with E-state index < -0.39 is 10.0 Å². The predicted molar refractivity (Wildman–Crippen MR) is 124 cm³/mol. The molecule has 0 spiro atoms. The van der Waals surface area contributed by atoms with Gasteiger partial charge in [0, 0.05) is 31.7 Å². The molecule has 9 nitrogen and oxygen atoms in total. The van der Waals surface area contributed by atoms with Crippen molar-refractivity contribution in [2.75, 3.05) is 26.7 Å². The van der Waals surface area contributed by atoms with Crippen LogP contribution in [-0.2, 0) is 14.8 Å². The lowest BCUT2D eigenvalue weighted by atomic mass is 10.0. The first kappa shape index (κ1) is 22.9. The molecule has 2 aromatic carbocycles. The van der Waals surface area contributed by atoms with E-state index in [0.717, 1.165) is 15.3 Å². The molecule has 1 N–H and O–H groups in total. The predicted octanol–water partition coefficient (Wildman–Crippen LogP) is 2.02. The maximum Gasteiger partial charge on any atom is 0.326 e. The molecule has 1 saturated heterocycles. The Bertz CT molecular complexity index is 1350. The Kier molecular flexibility index (Phi) is 6.22. The normalized spacial score (nSPS) is 15.3. The topological polar surface area (TPSA) is 113 Å². The summed E-state index contributed by atoms with van der Waals surface area (Å²) in [7, 11) is -2.50. The van der Waals surface area contributed by atoms with E-state index in [1.165, 1.54) is 38.2 Å². The van der Waals surface area contributed by atoms with E-state index in [4.69, 9.17) is 0 Å². The van der Waals surface area contributed by atoms with Gasteiger partial charge in [-0.05, 0) is 44.0 Å². The summed E-state index contributed by atoms with van der Waals surface area (Å²) in [6.45, 7) is 2.01. The van der Waals surface area contributed by atoms with Gasteiger partial charge in [-0.15, -0.1) is 0 Å². The van der Waals surface area contributed by atoms with Crippen molar-refractivity contribution < 1.29 is 18.0 Å². The molecule has 3 aromatic rings. The number of ketones is 1. The molecule has 1 aliphatic rings. The maximum atomic E-state index is 12.8. The van der Waals surface area contributed by atoms with E-state index in [-0.39, 0.29) is 34.9 Å². The van der Waals surface area contributed by atoms with Crippen LogP contribution in [0, 0.1) is 0 Å². The minimum atomic E-state index is -3.87. The van der Waals surface area contributed by atoms with Gasteiger partial charge in [0.2, 0.25) is 15.9 Å². The molecule has 0 bridgehead atoms. The lowest BCUT2D eigenvalue weighted by molar-refractivity contribution is -0.132. The second kappa shape index (κ2) is 8.95. The molecule has 0 saturated carbocycles. The number of sulfonamides is 1. The third-order valence-corrected chi connectivity index (χ3v) is 7.95. The van der Waals surface area contributed by atoms with Gasteiger partial charge in [0.05, 0.1) is 22.5 Å². The summed E-state index contributed by atoms with van der Waals surface area (Å²) in [5.41, 5.74) is 1.88. The SMILES string of the molecule is CC(=O)c1ccc(S(=O)(=O)N(C)CC(=O)N2CCC(n3c(=O)[nH]c4ccccc43)CC2)cc1. The fraction of sp³-hybridized carbons (Fsp3) is 0.348. The van der Waals surface area contributed by atoms with Crippen LogP contribution in [0.25, 0.3) is 11.0 Å². The number of likely N-dealkylation sites (tertiary alicyclic amines) is 1. The molecule has 1 aromatic heterocycles. The van der Waals surface area contributed by atoms with Crippen LogP contribution in [0.15, 0.2) is 58.2 Å². The zero-order valence-electron chi connectivity index (χ0n) is 18.5. The monoisotopic (exact) mass is 470 g/mol. The summed E-state index contributed by atoms with van der Waals surface area (Å²) in [5, 5.41) is 0. The van der Waals surface area contributed by atoms with Gasteiger partial charge in [0.15, 0.2) is 5.78 Å². The smallest absolute Gasteiger partial charge is 0.326 e. The fourth-order valence-corrected chi connectivity index (χ4v) is 5.35. The van der Waals surface area contributed by atoms with E-state index in [1.54, 1.807) is 9.47 Å². The number of fused-ring (bicyclic) bond motifs is 1. The van der Waals surface area contributed by atoms with Crippen molar-refractivity contribution in [1.29, 1.82) is 0 Å². The van der Waals surface area contributed by atoms with Gasteiger partial charge >= 0.3 is 5.69 Å². The van der Waals surface area contributed by atoms with Crippen LogP contribution in [0.4, 0.5) is 0 Å². The standard InChI is InChI=1S/C23H26N4O5S/c1-16(28)17-7-9-19(10-8-17)33(31,32)25(2)15-22(29)26-13-11-18(12-14-26)27-21-6-4-3-5-20(21)24-23(27)30/h3-10,18H,11-15H2,1-2H3,(H,24,30). The van der Waals surface area contributed by atoms with Crippen molar-refractivity contribution in [2.24, 2.45) is 0 Å². The zero-order chi connectivity index (χ0) is 23.8. The van der Waals surface area contributed by atoms with Gasteiger partial charge < -0.3 is 9.88 Å². The van der Waals surface area contributed by atoms with Crippen LogP contribution in [0.2, 0.25) is 0 Å². The second-order valence-electron chi connectivity index (χ2n) is 8.27. The van der Waals surface area contributed by atoms with E-state index in [0.29, 0.717) is 31.5 Å². The summed E-state index contributed by atoms with van der Waals surface area (Å²) in [6.07, 6.45) is 1.22. The minimum Gasteiger partial charge on any atom is -0.341 e. The number of nitrogens with zero attached hydrogens (tertiary/aromatic N) is 3. The number of hydrogen-bond donors (Lipinski definition) is 1. The fourth-order valence-electron chi connectivity index (χ4n) is 4.23. The van der Waals surface area contributed by atoms with Gasteiger partial charge in [-0.3, -0.25) is 14.2 Å². The number of rotatable bonds is 6. The number of likely N-dealkylation sites (N-methyl/N-ethyl adjacent to an activating group) is 1. The van der Waals surface area contributed by atoms with E-state index in [1.807, 2.05) is 24.3 Å². The molecule has 174 valence electrons. The first-order valence-electron chi connectivity index (χ1n) is 10.7. The molecular weight excluding hydrogens is 444 g/mol. The summed E-state index contributed by atoms with van der Waals surface area (Å²) >= 11 is 0. The summed E-state index contributed by atoms with van der Waals surface area (Å²) < 4.78 is 28.4. The van der Waals surface area contributed by atoms with Gasteiger partial charge in [0.25, 0.3) is 0 Å². The maximum absolute atomic E-state index is 12.8. The Morgan fingerprint density at radius 3 is 2.33 bits per heavy atom. The largest absolute Gasteiger partial charge is 0.341 e. The Hall–Kier alpha value is -3.24. The third-order valence-electron chi connectivity index (χ3n) is 6.13. The molecule has 33 heavy (non-hydrogen) atoms. The highest BCUT2D eigenvalue weighted by Gasteiger charge is 2.29. The number of benzene rings is 2. The summed E-state index contributed by atoms with van der Waals surface area (Å²) in [4.78, 5) is 41.2. The van der Waals surface area contributed by atoms with Crippen LogP contribution < -0.4 is 5.69 Å². The molecule has 2 heterocycles. The molecule has 0 aliphatic carbocycles. The van der Waals surface area contributed by atoms with Crippen molar-refractivity contribution in [3.63, 3.8) is 0 Å². The Balaban J connectivity index is 1.40. The molecule has 0 atom stereocenters. The van der Waals surface area contributed by atoms with E-state index in [9.17, 15) is 22.8 Å². The zero-order valence-corrected chi connectivity index (χ0v) is 19.3. The molecule has 0 radical (unpaired) electrons. The van der Waals surface area contributed by atoms with E-state index in [2.05, 4.69) is 4.98 Å². The molecule has 1 amide bonds. The van der Waals surface area contributed by atoms with Crippen LogP contribution in [0.3, 0.4) is 0 Å². The van der Waals surface area contributed by atoms with Gasteiger partial charge in [-0.1, -0.05) is 24.3 Å². The molecular formula is C23H26N4O5S. The van der Waals surface area contributed by atoms with Crippen LogP contribution in [0.1, 0.15) is 36.2 Å². The molecule has 4 rings (SSSR count). The Morgan fingerprint density at radius 2 is 1.70 bits per heavy atom. The minimum absolute atomic E-state index is 0.0280. The van der Waals surface area contributed by atoms with Crippen molar-refractivity contribution >= 4 is 32.7 Å². The molecule has 0 unspecified atom stereocenters. The van der Waals surface area contributed by atoms with Gasteiger partial charge in [0.1, 0.15) is 0 Å². The average Bonchev–Trinajstić information content (AvgIpc) is 3.14. The highest BCUT2D eigenvalue weighted by molar-refractivity contribution is 7.89. The second-order valence-corrected chi connectivity index (χ2v) is 10.3. The van der Waals surface area contributed by atoms with Crippen LogP contribution >= 0.6 is 0 Å². The molecule has 10 heteroatoms. The Labute approximate surface area is 191 Å². The number of Topliss-reactive ketones (excluding diaryl/α,β-unsaturated/α-hetero) is 1. The van der Waals surface area contributed by atoms with Crippen molar-refractivity contribution in [2.45, 2.75) is 30.7 Å². The number of carbonyl (C=O) groups excluding carboxylic acids is 2. The lowest BCUT2D eigenvalue weighted by Crippen LogP contribution is -2.45.